The molecule has 1 aromatic carbocycles. The largest absolute Gasteiger partial charge is 0.481 e. The lowest BCUT2D eigenvalue weighted by Gasteiger charge is -2.08. The Balaban J connectivity index is 3.97. The molecule has 21 heavy (non-hydrogen) atoms. The van der Waals surface area contributed by atoms with E-state index < -0.39 is 71.3 Å². The third-order valence-electron chi connectivity index (χ3n) is 2.16. The quantitative estimate of drug-likeness (QED) is 0.410. The second-order valence-corrected chi connectivity index (χ2v) is 8.76. The van der Waals surface area contributed by atoms with Gasteiger partial charge < -0.3 is 5.11 Å². The summed E-state index contributed by atoms with van der Waals surface area (Å²) in [7, 11) is -10.1. The Morgan fingerprint density at radius 1 is 1.05 bits per heavy atom. The summed E-state index contributed by atoms with van der Waals surface area (Å²) in [5, 5.41) is 8.65. The minimum atomic E-state index is -5.15. The summed E-state index contributed by atoms with van der Waals surface area (Å²) in [5.41, 5.74) is -0.666. The summed E-state index contributed by atoms with van der Waals surface area (Å²) >= 11 is -4.60. The van der Waals surface area contributed by atoms with Gasteiger partial charge in [-0.2, -0.15) is 16.8 Å². The average molecular weight is 454 g/mol. The van der Waals surface area contributed by atoms with Gasteiger partial charge in [-0.3, -0.25) is 13.9 Å². The van der Waals surface area contributed by atoms with Crippen LogP contribution in [-0.2, 0) is 37.6 Å². The van der Waals surface area contributed by atoms with Crippen molar-refractivity contribution in [3.63, 3.8) is 0 Å². The Kier molecular flexibility index (Phi) is 5.04. The number of halogens is 1. The van der Waals surface area contributed by atoms with Crippen LogP contribution >= 0.6 is 19.8 Å². The Morgan fingerprint density at radius 3 is 1.90 bits per heavy atom. The van der Waals surface area contributed by atoms with Crippen molar-refractivity contribution in [2.45, 2.75) is 16.2 Å². The molecular weight excluding hydrogens is 447 g/mol. The van der Waals surface area contributed by atoms with Crippen LogP contribution in [0.3, 0.4) is 0 Å². The summed E-state index contributed by atoms with van der Waals surface area (Å²) < 4.78 is 83.6. The summed E-state index contributed by atoms with van der Waals surface area (Å²) in [6.45, 7) is 0. The average Bonchev–Trinajstić information content (AvgIpc) is 2.23. The van der Waals surface area contributed by atoms with Crippen molar-refractivity contribution in [3.05, 3.63) is 21.3 Å². The Morgan fingerprint density at radius 2 is 1.57 bits per heavy atom. The Hall–Kier alpha value is -1.16. The highest BCUT2D eigenvalue weighted by Crippen LogP contribution is 2.32. The number of carboxylic acids is 1. The van der Waals surface area contributed by atoms with Crippen molar-refractivity contribution in [1.82, 2.24) is 0 Å². The second-order valence-electron chi connectivity index (χ2n) is 3.63. The van der Waals surface area contributed by atoms with E-state index in [2.05, 4.69) is 0 Å². The van der Waals surface area contributed by atoms with E-state index in [0.717, 1.165) is 0 Å². The normalized spacial score (nSPS) is 12.5. The molecule has 0 aromatic heterocycles. The van der Waals surface area contributed by atoms with Crippen molar-refractivity contribution < 1.29 is 42.0 Å². The number of carboxylic acid groups (broad SMARTS) is 1. The lowest BCUT2D eigenvalue weighted by Crippen LogP contribution is -2.11. The van der Waals surface area contributed by atoms with Crippen LogP contribution in [-0.4, -0.2) is 37.0 Å². The van der Waals surface area contributed by atoms with Gasteiger partial charge in [0.2, 0.25) is 0 Å². The van der Waals surface area contributed by atoms with Crippen LogP contribution in [0.4, 0.5) is 0 Å². The summed E-state index contributed by atoms with van der Waals surface area (Å²) in [5.74, 6) is -1.57. The fraction of sp³-hybridized carbons (Fsp3) is 0.125. The summed E-state index contributed by atoms with van der Waals surface area (Å²) in [6, 6.07) is 0.763. The highest BCUT2D eigenvalue weighted by Gasteiger charge is 2.27. The minimum absolute atomic E-state index is 0.242. The molecule has 0 aliphatic heterocycles. The topological polar surface area (TPSA) is 180 Å². The third-order valence-corrected chi connectivity index (χ3v) is 6.39. The Labute approximate surface area is 125 Å². The van der Waals surface area contributed by atoms with E-state index >= 15 is 0 Å². The van der Waals surface area contributed by atoms with Crippen LogP contribution < -0.4 is 0 Å². The minimum Gasteiger partial charge on any atom is -0.481 e. The van der Waals surface area contributed by atoms with Gasteiger partial charge in [0.1, 0.15) is 8.47 Å². The molecule has 13 heteroatoms. The predicted octanol–water partition coefficient (Wildman–Crippen LogP) is 0.174. The van der Waals surface area contributed by atoms with Crippen LogP contribution in [0.25, 0.3) is 0 Å². The monoisotopic (exact) mass is 454 g/mol. The molecule has 0 aliphatic rings. The van der Waals surface area contributed by atoms with Crippen LogP contribution in [0, 0.1) is 3.57 Å². The maximum atomic E-state index is 11.2. The van der Waals surface area contributed by atoms with Gasteiger partial charge in [-0.1, -0.05) is 0 Å². The zero-order chi connectivity index (χ0) is 16.6. The molecule has 0 saturated carbocycles. The van der Waals surface area contributed by atoms with Gasteiger partial charge in [-0.15, -0.1) is 0 Å². The first-order chi connectivity index (χ1) is 9.34. The van der Waals surface area contributed by atoms with Crippen molar-refractivity contribution in [3.8, 4) is 0 Å². The zero-order valence-electron chi connectivity index (χ0n) is 9.76. The molecule has 0 unspecified atom stereocenters. The first-order valence-electron chi connectivity index (χ1n) is 4.73. The third kappa shape index (κ3) is 4.40. The number of aliphatic carboxylic acids is 1. The van der Waals surface area contributed by atoms with Gasteiger partial charge in [0.05, 0.1) is 11.3 Å². The first-order valence-corrected chi connectivity index (χ1v) is 10.4. The van der Waals surface area contributed by atoms with E-state index in [1.807, 2.05) is 0 Å². The lowest BCUT2D eigenvalue weighted by atomic mass is 10.1. The fourth-order valence-corrected chi connectivity index (χ4v) is 5.46. The molecule has 0 radical (unpaired) electrons. The van der Waals surface area contributed by atoms with Crippen molar-refractivity contribution in [2.24, 2.45) is 0 Å². The van der Waals surface area contributed by atoms with E-state index in [-0.39, 0.29) is 6.07 Å². The maximum absolute atomic E-state index is 11.2. The number of benzene rings is 1. The number of hydrogen-bond acceptors (Lipinski definition) is 7. The summed E-state index contributed by atoms with van der Waals surface area (Å²) in [4.78, 5) is 8.32. The van der Waals surface area contributed by atoms with Gasteiger partial charge in [-0.05, 0) is 17.7 Å². The standard InChI is InChI=1S/C8H7IO10S2/c10-7(11)2-4-1-5(20(14,15)16)3-6(21(17,18)19)8(4)9(12)13/h1,3H,2H2,(H,10,11)(H,14,15,16)(H,17,18,19). The predicted molar refractivity (Wildman–Crippen MR) is 71.5 cm³/mol. The fourth-order valence-electron chi connectivity index (χ4n) is 1.43. The van der Waals surface area contributed by atoms with E-state index in [4.69, 9.17) is 14.2 Å². The molecule has 3 N–H and O–H groups in total. The van der Waals surface area contributed by atoms with Gasteiger partial charge in [0.15, 0.2) is 0 Å². The number of carbonyl (C=O) groups is 1. The molecule has 1 rings (SSSR count). The molecule has 118 valence electrons. The number of rotatable bonds is 5. The molecule has 0 saturated heterocycles. The highest BCUT2D eigenvalue weighted by atomic mass is 127. The van der Waals surface area contributed by atoms with Crippen LogP contribution in [0.2, 0.25) is 0 Å². The van der Waals surface area contributed by atoms with E-state index in [9.17, 15) is 27.8 Å². The molecule has 0 fully saturated rings. The van der Waals surface area contributed by atoms with Gasteiger partial charge in [0, 0.05) is 0 Å². The van der Waals surface area contributed by atoms with E-state index in [0.29, 0.717) is 6.07 Å². The lowest BCUT2D eigenvalue weighted by molar-refractivity contribution is -0.136. The molecule has 0 bridgehead atoms. The molecular formula is C8H7IO10S2. The van der Waals surface area contributed by atoms with Crippen LogP contribution in [0.5, 0.6) is 0 Å². The highest BCUT2D eigenvalue weighted by molar-refractivity contribution is 14.2. The van der Waals surface area contributed by atoms with Crippen molar-refractivity contribution in [2.75, 3.05) is 0 Å². The molecule has 0 spiro atoms. The van der Waals surface area contributed by atoms with Gasteiger partial charge in [0.25, 0.3) is 20.2 Å². The molecule has 1 aromatic rings. The molecule has 0 heterocycles. The maximum Gasteiger partial charge on any atom is 0.342 e. The van der Waals surface area contributed by atoms with Crippen LogP contribution in [0.15, 0.2) is 21.9 Å². The second kappa shape index (κ2) is 5.91. The molecule has 0 amide bonds. The number of hydrogen-bond donors (Lipinski definition) is 3. The smallest absolute Gasteiger partial charge is 0.342 e. The SMILES string of the molecule is O=C(O)Cc1cc(S(=O)(=O)O)cc(S(=O)(=O)O)c1I(=O)=O. The van der Waals surface area contributed by atoms with E-state index in [1.165, 1.54) is 0 Å². The van der Waals surface area contributed by atoms with Crippen molar-refractivity contribution in [1.29, 1.82) is 0 Å². The van der Waals surface area contributed by atoms with Gasteiger partial charge >= 0.3 is 25.8 Å². The molecule has 10 nitrogen and oxygen atoms in total. The van der Waals surface area contributed by atoms with Gasteiger partial charge in [-0.25, -0.2) is 6.14 Å². The summed E-state index contributed by atoms with van der Waals surface area (Å²) in [6.07, 6.45) is -1.01. The first kappa shape index (κ1) is 17.9. The Bertz CT molecular complexity index is 870. The molecule has 0 atom stereocenters. The van der Waals surface area contributed by atoms with Crippen LogP contribution in [0.1, 0.15) is 5.56 Å². The van der Waals surface area contributed by atoms with E-state index in [1.54, 1.807) is 0 Å². The molecule has 0 aliphatic carbocycles. The van der Waals surface area contributed by atoms with Crippen molar-refractivity contribution >= 4 is 46.0 Å². The zero-order valence-corrected chi connectivity index (χ0v) is 13.5.